The molecule has 166 valence electrons. The molecule has 0 aliphatic carbocycles. The maximum Gasteiger partial charge on any atom is 0.222 e. The van der Waals surface area contributed by atoms with E-state index >= 15 is 0 Å². The number of piperazine rings is 1. The second kappa shape index (κ2) is 12.1. The first-order valence-electron chi connectivity index (χ1n) is 10.7. The van der Waals surface area contributed by atoms with Gasteiger partial charge >= 0.3 is 0 Å². The summed E-state index contributed by atoms with van der Waals surface area (Å²) in [5.74, 6) is 1.23. The highest BCUT2D eigenvalue weighted by Crippen LogP contribution is 2.19. The normalized spacial score (nSPS) is 16.6. The summed E-state index contributed by atoms with van der Waals surface area (Å²) in [7, 11) is 0. The Hall–Kier alpha value is -1.84. The zero-order valence-corrected chi connectivity index (χ0v) is 20.4. The number of guanidine groups is 1. The Morgan fingerprint density at radius 3 is 2.33 bits per heavy atom. The van der Waals surface area contributed by atoms with Gasteiger partial charge in [-0.3, -0.25) is 14.6 Å². The topological polar surface area (TPSA) is 68.2 Å². The lowest BCUT2D eigenvalue weighted by Gasteiger charge is -2.36. The van der Waals surface area contributed by atoms with E-state index in [4.69, 9.17) is 4.99 Å². The standard InChI is InChI=1S/C22H33N5O2.HI/c1-3-23-22(26-15-13-25(14-16-26)18(2)28)24-11-6-9-21(29)27-12-10-19-7-4-5-8-20(19)17-27;/h4-5,7-8H,3,6,9-17H2,1-2H3,(H,23,24);1H. The maximum absolute atomic E-state index is 12.6. The van der Waals surface area contributed by atoms with Crippen LogP contribution in [0.15, 0.2) is 29.3 Å². The molecular weight excluding hydrogens is 493 g/mol. The summed E-state index contributed by atoms with van der Waals surface area (Å²) >= 11 is 0. The fourth-order valence-corrected chi connectivity index (χ4v) is 3.94. The number of carbonyl (C=O) groups excluding carboxylic acids is 2. The summed E-state index contributed by atoms with van der Waals surface area (Å²) in [6.07, 6.45) is 2.22. The molecular formula is C22H34IN5O2. The lowest BCUT2D eigenvalue weighted by molar-refractivity contribution is -0.132. The fraction of sp³-hybridized carbons (Fsp3) is 0.591. The van der Waals surface area contributed by atoms with Crippen molar-refractivity contribution in [2.24, 2.45) is 4.99 Å². The number of amides is 2. The maximum atomic E-state index is 12.6. The molecule has 1 N–H and O–H groups in total. The van der Waals surface area contributed by atoms with Crippen LogP contribution in [0.2, 0.25) is 0 Å². The minimum atomic E-state index is 0. The van der Waals surface area contributed by atoms with Crippen molar-refractivity contribution in [3.05, 3.63) is 35.4 Å². The SMILES string of the molecule is CCNC(=NCCCC(=O)N1CCc2ccccc2C1)N1CCN(C(C)=O)CC1.I. The monoisotopic (exact) mass is 527 g/mol. The van der Waals surface area contributed by atoms with E-state index in [1.807, 2.05) is 15.9 Å². The third kappa shape index (κ3) is 6.58. The number of nitrogens with one attached hydrogen (secondary N) is 1. The lowest BCUT2D eigenvalue weighted by atomic mass is 9.99. The van der Waals surface area contributed by atoms with Crippen LogP contribution in [-0.2, 0) is 22.6 Å². The Morgan fingerprint density at radius 1 is 1.00 bits per heavy atom. The zero-order valence-electron chi connectivity index (χ0n) is 18.1. The fourth-order valence-electron chi connectivity index (χ4n) is 3.94. The summed E-state index contributed by atoms with van der Waals surface area (Å²) in [5, 5.41) is 3.34. The van der Waals surface area contributed by atoms with Crippen molar-refractivity contribution in [2.45, 2.75) is 39.7 Å². The van der Waals surface area contributed by atoms with Gasteiger partial charge in [0.1, 0.15) is 0 Å². The van der Waals surface area contributed by atoms with E-state index in [1.54, 1.807) is 6.92 Å². The van der Waals surface area contributed by atoms with E-state index in [0.29, 0.717) is 13.0 Å². The number of nitrogens with zero attached hydrogens (tertiary/aromatic N) is 4. The Kier molecular flexibility index (Phi) is 9.87. The first-order chi connectivity index (χ1) is 14.1. The van der Waals surface area contributed by atoms with E-state index in [-0.39, 0.29) is 35.8 Å². The largest absolute Gasteiger partial charge is 0.357 e. The predicted octanol–water partition coefficient (Wildman–Crippen LogP) is 2.10. The molecule has 2 aliphatic heterocycles. The number of aliphatic imine (C=N–C) groups is 1. The van der Waals surface area contributed by atoms with Gasteiger partial charge in [0.05, 0.1) is 0 Å². The van der Waals surface area contributed by atoms with Crippen LogP contribution in [0.1, 0.15) is 37.8 Å². The molecule has 0 saturated carbocycles. The molecule has 0 unspecified atom stereocenters. The van der Waals surface area contributed by atoms with E-state index in [0.717, 1.165) is 64.6 Å². The van der Waals surface area contributed by atoms with Crippen LogP contribution < -0.4 is 5.32 Å². The Balaban J connectivity index is 0.00000320. The molecule has 3 rings (SSSR count). The van der Waals surface area contributed by atoms with Crippen molar-refractivity contribution in [2.75, 3.05) is 45.8 Å². The van der Waals surface area contributed by atoms with Gasteiger partial charge in [0.2, 0.25) is 11.8 Å². The molecule has 1 aromatic carbocycles. The lowest BCUT2D eigenvalue weighted by Crippen LogP contribution is -2.53. The van der Waals surface area contributed by atoms with Crippen LogP contribution in [0, 0.1) is 0 Å². The van der Waals surface area contributed by atoms with Crippen molar-refractivity contribution in [3.63, 3.8) is 0 Å². The average molecular weight is 527 g/mol. The molecule has 2 heterocycles. The highest BCUT2D eigenvalue weighted by molar-refractivity contribution is 14.0. The number of hydrogen-bond acceptors (Lipinski definition) is 3. The number of halogens is 1. The van der Waals surface area contributed by atoms with Crippen LogP contribution >= 0.6 is 24.0 Å². The van der Waals surface area contributed by atoms with Gasteiger partial charge in [-0.05, 0) is 30.9 Å². The molecule has 1 fully saturated rings. The summed E-state index contributed by atoms with van der Waals surface area (Å²) < 4.78 is 0. The summed E-state index contributed by atoms with van der Waals surface area (Å²) in [6.45, 7) is 9.68. The van der Waals surface area contributed by atoms with Gasteiger partial charge < -0.3 is 20.0 Å². The van der Waals surface area contributed by atoms with Crippen molar-refractivity contribution in [3.8, 4) is 0 Å². The predicted molar refractivity (Wildman–Crippen MR) is 130 cm³/mol. The van der Waals surface area contributed by atoms with Crippen LogP contribution in [0.4, 0.5) is 0 Å². The summed E-state index contributed by atoms with van der Waals surface area (Å²) in [5.41, 5.74) is 2.63. The van der Waals surface area contributed by atoms with Crippen LogP contribution in [-0.4, -0.2) is 78.3 Å². The molecule has 7 nitrogen and oxygen atoms in total. The average Bonchev–Trinajstić information content (AvgIpc) is 2.75. The number of rotatable bonds is 5. The molecule has 0 aromatic heterocycles. The number of fused-ring (bicyclic) bond motifs is 1. The quantitative estimate of drug-likeness (QED) is 0.276. The Bertz CT molecular complexity index is 747. The van der Waals surface area contributed by atoms with Crippen molar-refractivity contribution < 1.29 is 9.59 Å². The number of hydrogen-bond donors (Lipinski definition) is 1. The highest BCUT2D eigenvalue weighted by atomic mass is 127. The van der Waals surface area contributed by atoms with Gasteiger partial charge in [-0.15, -0.1) is 24.0 Å². The molecule has 1 saturated heterocycles. The first kappa shape index (κ1) is 24.4. The zero-order chi connectivity index (χ0) is 20.6. The van der Waals surface area contributed by atoms with Crippen molar-refractivity contribution in [1.82, 2.24) is 20.0 Å². The first-order valence-corrected chi connectivity index (χ1v) is 10.7. The van der Waals surface area contributed by atoms with E-state index in [2.05, 4.69) is 35.3 Å². The van der Waals surface area contributed by atoms with Crippen LogP contribution in [0.5, 0.6) is 0 Å². The van der Waals surface area contributed by atoms with E-state index < -0.39 is 0 Å². The second-order valence-corrected chi connectivity index (χ2v) is 7.67. The van der Waals surface area contributed by atoms with Gasteiger partial charge in [0.15, 0.2) is 5.96 Å². The molecule has 2 aliphatic rings. The van der Waals surface area contributed by atoms with Crippen molar-refractivity contribution in [1.29, 1.82) is 0 Å². The number of benzene rings is 1. The molecule has 8 heteroatoms. The smallest absolute Gasteiger partial charge is 0.222 e. The van der Waals surface area contributed by atoms with E-state index in [1.165, 1.54) is 11.1 Å². The van der Waals surface area contributed by atoms with E-state index in [9.17, 15) is 9.59 Å². The Labute approximate surface area is 196 Å². The molecule has 2 amide bonds. The van der Waals surface area contributed by atoms with Gasteiger partial charge in [-0.2, -0.15) is 0 Å². The third-order valence-corrected chi connectivity index (χ3v) is 5.65. The molecule has 0 spiro atoms. The minimum Gasteiger partial charge on any atom is -0.357 e. The minimum absolute atomic E-state index is 0. The van der Waals surface area contributed by atoms with Crippen molar-refractivity contribution >= 4 is 41.8 Å². The molecule has 1 aromatic rings. The Morgan fingerprint density at radius 2 is 1.67 bits per heavy atom. The van der Waals surface area contributed by atoms with Gasteiger partial charge in [0, 0.05) is 65.7 Å². The van der Waals surface area contributed by atoms with Crippen LogP contribution in [0.25, 0.3) is 0 Å². The third-order valence-electron chi connectivity index (χ3n) is 5.65. The summed E-state index contributed by atoms with van der Waals surface area (Å²) in [4.78, 5) is 34.9. The van der Waals surface area contributed by atoms with Gasteiger partial charge in [-0.25, -0.2) is 0 Å². The second-order valence-electron chi connectivity index (χ2n) is 7.67. The molecule has 0 radical (unpaired) electrons. The van der Waals surface area contributed by atoms with Crippen LogP contribution in [0.3, 0.4) is 0 Å². The molecule has 0 bridgehead atoms. The molecule has 0 atom stereocenters. The molecule has 30 heavy (non-hydrogen) atoms. The summed E-state index contributed by atoms with van der Waals surface area (Å²) in [6, 6.07) is 8.38. The number of carbonyl (C=O) groups is 2. The van der Waals surface area contributed by atoms with Gasteiger partial charge in [-0.1, -0.05) is 24.3 Å². The highest BCUT2D eigenvalue weighted by Gasteiger charge is 2.21. The van der Waals surface area contributed by atoms with Gasteiger partial charge in [0.25, 0.3) is 0 Å².